The Labute approximate surface area is 236 Å². The molecule has 2 amide bonds. The van der Waals surface area contributed by atoms with Gasteiger partial charge in [-0.05, 0) is 89.4 Å². The number of benzene rings is 1. The molecule has 4 heterocycles. The molecule has 0 atom stereocenters. The molecule has 40 heavy (non-hydrogen) atoms. The summed E-state index contributed by atoms with van der Waals surface area (Å²) in [5.74, 6) is 0.869. The fraction of sp³-hybridized carbons (Fsp3) is 0.484. The Kier molecular flexibility index (Phi) is 8.49. The van der Waals surface area contributed by atoms with Crippen molar-refractivity contribution in [3.8, 4) is 0 Å². The number of pyridine rings is 2. The molecular weight excluding hydrogens is 504 g/mol. The van der Waals surface area contributed by atoms with Crippen LogP contribution >= 0.6 is 0 Å². The molecule has 0 unspecified atom stereocenters. The predicted molar refractivity (Wildman–Crippen MR) is 157 cm³/mol. The molecule has 0 spiro atoms. The number of ether oxygens (including phenoxy) is 1. The van der Waals surface area contributed by atoms with Gasteiger partial charge in [-0.15, -0.1) is 0 Å². The Morgan fingerprint density at radius 1 is 0.950 bits per heavy atom. The molecule has 9 nitrogen and oxygen atoms in total. The van der Waals surface area contributed by atoms with Gasteiger partial charge in [-0.3, -0.25) is 20.0 Å². The molecule has 2 aliphatic heterocycles. The van der Waals surface area contributed by atoms with Crippen molar-refractivity contribution in [2.45, 2.75) is 64.6 Å². The van der Waals surface area contributed by atoms with E-state index in [1.54, 1.807) is 6.20 Å². The SMILES string of the molecule is CC(C)(C)OC(=O)Nc1cc(CN2CCC(C(=O)N3CCC(Nc4cccc5cccnc45)CC3)CC2)ccn1. The van der Waals surface area contributed by atoms with Gasteiger partial charge in [-0.1, -0.05) is 18.2 Å². The lowest BCUT2D eigenvalue weighted by Crippen LogP contribution is -2.47. The van der Waals surface area contributed by atoms with Crippen LogP contribution in [0.25, 0.3) is 10.9 Å². The van der Waals surface area contributed by atoms with Crippen LogP contribution in [0, 0.1) is 5.92 Å². The van der Waals surface area contributed by atoms with Crippen LogP contribution in [0.4, 0.5) is 16.3 Å². The van der Waals surface area contributed by atoms with E-state index < -0.39 is 11.7 Å². The second kappa shape index (κ2) is 12.2. The van der Waals surface area contributed by atoms with Crippen molar-refractivity contribution in [3.63, 3.8) is 0 Å². The van der Waals surface area contributed by atoms with Crippen molar-refractivity contribution in [1.29, 1.82) is 0 Å². The minimum absolute atomic E-state index is 0.0878. The summed E-state index contributed by atoms with van der Waals surface area (Å²) in [6.07, 6.45) is 6.64. The number of fused-ring (bicyclic) bond motifs is 1. The van der Waals surface area contributed by atoms with E-state index in [9.17, 15) is 9.59 Å². The maximum atomic E-state index is 13.3. The van der Waals surface area contributed by atoms with Crippen LogP contribution in [0.1, 0.15) is 52.0 Å². The van der Waals surface area contributed by atoms with Gasteiger partial charge in [0.05, 0.1) is 11.2 Å². The van der Waals surface area contributed by atoms with Gasteiger partial charge in [-0.2, -0.15) is 0 Å². The highest BCUT2D eigenvalue weighted by molar-refractivity contribution is 5.90. The number of piperidine rings is 2. The fourth-order valence-electron chi connectivity index (χ4n) is 5.59. The quantitative estimate of drug-likeness (QED) is 0.435. The van der Waals surface area contributed by atoms with Crippen molar-refractivity contribution in [2.24, 2.45) is 5.92 Å². The van der Waals surface area contributed by atoms with E-state index in [0.717, 1.165) is 80.6 Å². The smallest absolute Gasteiger partial charge is 0.413 e. The van der Waals surface area contributed by atoms with Gasteiger partial charge in [-0.25, -0.2) is 9.78 Å². The Balaban J connectivity index is 1.06. The largest absolute Gasteiger partial charge is 0.444 e. The van der Waals surface area contributed by atoms with E-state index in [1.807, 2.05) is 45.2 Å². The van der Waals surface area contributed by atoms with E-state index in [1.165, 1.54) is 0 Å². The summed E-state index contributed by atoms with van der Waals surface area (Å²) in [6, 6.07) is 14.5. The first-order chi connectivity index (χ1) is 19.2. The summed E-state index contributed by atoms with van der Waals surface area (Å²) < 4.78 is 5.32. The number of nitrogens with one attached hydrogen (secondary N) is 2. The summed E-state index contributed by atoms with van der Waals surface area (Å²) in [5.41, 5.74) is 2.57. The average Bonchev–Trinajstić information content (AvgIpc) is 2.93. The number of amides is 2. The number of carbonyl (C=O) groups excluding carboxylic acids is 2. The highest BCUT2D eigenvalue weighted by Gasteiger charge is 2.31. The van der Waals surface area contributed by atoms with Crippen LogP contribution in [0.5, 0.6) is 0 Å². The van der Waals surface area contributed by atoms with E-state index in [0.29, 0.717) is 17.8 Å². The zero-order valence-corrected chi connectivity index (χ0v) is 23.7. The average molecular weight is 545 g/mol. The molecule has 2 N–H and O–H groups in total. The molecule has 2 aliphatic rings. The second-order valence-corrected chi connectivity index (χ2v) is 11.9. The topological polar surface area (TPSA) is 99.7 Å². The maximum Gasteiger partial charge on any atom is 0.413 e. The summed E-state index contributed by atoms with van der Waals surface area (Å²) >= 11 is 0. The number of nitrogens with zero attached hydrogens (tertiary/aromatic N) is 4. The molecule has 3 aromatic rings. The van der Waals surface area contributed by atoms with Crippen LogP contribution < -0.4 is 10.6 Å². The Morgan fingerprint density at radius 3 is 2.45 bits per heavy atom. The van der Waals surface area contributed by atoms with Crippen molar-refractivity contribution in [1.82, 2.24) is 19.8 Å². The zero-order chi connectivity index (χ0) is 28.1. The van der Waals surface area contributed by atoms with Crippen LogP contribution in [0.15, 0.2) is 54.9 Å². The van der Waals surface area contributed by atoms with E-state index in [4.69, 9.17) is 4.74 Å². The van der Waals surface area contributed by atoms with Crippen LogP contribution in [0.2, 0.25) is 0 Å². The van der Waals surface area contributed by atoms with Gasteiger partial charge in [0.2, 0.25) is 5.91 Å². The van der Waals surface area contributed by atoms with Crippen molar-refractivity contribution in [3.05, 3.63) is 60.4 Å². The van der Waals surface area contributed by atoms with Gasteiger partial charge in [0.25, 0.3) is 0 Å². The molecule has 2 fully saturated rings. The molecule has 1 aromatic carbocycles. The minimum atomic E-state index is -0.564. The summed E-state index contributed by atoms with van der Waals surface area (Å²) in [4.78, 5) is 38.6. The number of anilines is 2. The maximum absolute atomic E-state index is 13.3. The second-order valence-electron chi connectivity index (χ2n) is 11.9. The molecular formula is C31H40N6O3. The highest BCUT2D eigenvalue weighted by atomic mass is 16.6. The monoisotopic (exact) mass is 544 g/mol. The third-order valence-electron chi connectivity index (χ3n) is 7.60. The number of hydrogen-bond acceptors (Lipinski definition) is 7. The first kappa shape index (κ1) is 27.8. The summed E-state index contributed by atoms with van der Waals surface area (Å²) in [5, 5.41) is 7.52. The molecule has 0 aliphatic carbocycles. The normalized spacial score (nSPS) is 17.5. The molecule has 5 rings (SSSR count). The van der Waals surface area contributed by atoms with Crippen molar-refractivity contribution < 1.29 is 14.3 Å². The number of para-hydroxylation sites is 1. The Bertz CT molecular complexity index is 1320. The first-order valence-electron chi connectivity index (χ1n) is 14.3. The molecule has 2 aromatic heterocycles. The summed E-state index contributed by atoms with van der Waals surface area (Å²) in [6.45, 7) is 9.57. The zero-order valence-electron chi connectivity index (χ0n) is 23.7. The lowest BCUT2D eigenvalue weighted by atomic mass is 9.93. The molecule has 212 valence electrons. The third-order valence-corrected chi connectivity index (χ3v) is 7.60. The predicted octanol–water partition coefficient (Wildman–Crippen LogP) is 5.29. The number of rotatable bonds is 6. The standard InChI is InChI=1S/C31H40N6O3/c1-31(2,3)40-30(39)35-27-20-22(9-15-32-27)21-36-16-10-24(11-17-36)29(38)37-18-12-25(13-19-37)34-26-8-4-6-23-7-5-14-33-28(23)26/h4-9,14-15,20,24-25,34H,10-13,16-19,21H2,1-3H3,(H,32,35,39). The highest BCUT2D eigenvalue weighted by Crippen LogP contribution is 2.26. The Hall–Kier alpha value is -3.72. The lowest BCUT2D eigenvalue weighted by molar-refractivity contribution is -0.138. The third kappa shape index (κ3) is 7.27. The number of hydrogen-bond donors (Lipinski definition) is 2. The van der Waals surface area contributed by atoms with E-state index >= 15 is 0 Å². The van der Waals surface area contributed by atoms with Crippen LogP contribution in [-0.4, -0.2) is 69.6 Å². The number of aromatic nitrogens is 2. The molecule has 2 saturated heterocycles. The lowest BCUT2D eigenvalue weighted by Gasteiger charge is -2.37. The van der Waals surface area contributed by atoms with E-state index in [-0.39, 0.29) is 5.92 Å². The van der Waals surface area contributed by atoms with Gasteiger partial charge in [0.15, 0.2) is 0 Å². The first-order valence-corrected chi connectivity index (χ1v) is 14.3. The van der Waals surface area contributed by atoms with Gasteiger partial charge < -0.3 is 15.0 Å². The molecule has 0 bridgehead atoms. The Morgan fingerprint density at radius 2 is 1.70 bits per heavy atom. The molecule has 0 radical (unpaired) electrons. The van der Waals surface area contributed by atoms with Crippen molar-refractivity contribution >= 4 is 34.4 Å². The molecule has 0 saturated carbocycles. The van der Waals surface area contributed by atoms with Crippen molar-refractivity contribution in [2.75, 3.05) is 36.8 Å². The van der Waals surface area contributed by atoms with Gasteiger partial charge in [0, 0.05) is 49.4 Å². The minimum Gasteiger partial charge on any atom is -0.444 e. The van der Waals surface area contributed by atoms with Gasteiger partial charge >= 0.3 is 6.09 Å². The number of carbonyl (C=O) groups is 2. The van der Waals surface area contributed by atoms with Gasteiger partial charge in [0.1, 0.15) is 11.4 Å². The number of likely N-dealkylation sites (tertiary alicyclic amines) is 2. The van der Waals surface area contributed by atoms with Crippen LogP contribution in [0.3, 0.4) is 0 Å². The van der Waals surface area contributed by atoms with Crippen LogP contribution in [-0.2, 0) is 16.1 Å². The summed E-state index contributed by atoms with van der Waals surface area (Å²) in [7, 11) is 0. The molecule has 9 heteroatoms. The van der Waals surface area contributed by atoms with E-state index in [2.05, 4.69) is 54.7 Å². The fourth-order valence-corrected chi connectivity index (χ4v) is 5.59.